The van der Waals surface area contributed by atoms with Gasteiger partial charge in [0.05, 0.1) is 12.8 Å². The molecule has 2 aliphatic rings. The Kier molecular flexibility index (Phi) is 4.83. The number of hydrogen-bond donors (Lipinski definition) is 2. The van der Waals surface area contributed by atoms with Gasteiger partial charge in [-0.1, -0.05) is 0 Å². The Hall–Kier alpha value is -2.15. The summed E-state index contributed by atoms with van der Waals surface area (Å²) in [5, 5.41) is 11.3. The maximum Gasteiger partial charge on any atom is 0.218 e. The molecule has 0 bridgehead atoms. The van der Waals surface area contributed by atoms with E-state index in [0.29, 0.717) is 11.9 Å². The first kappa shape index (κ1) is 16.3. The van der Waals surface area contributed by atoms with Crippen LogP contribution in [0.15, 0.2) is 12.4 Å². The van der Waals surface area contributed by atoms with Gasteiger partial charge in [-0.2, -0.15) is 5.10 Å². The summed E-state index contributed by atoms with van der Waals surface area (Å²) in [7, 11) is 1.62. The Balaban J connectivity index is 1.30. The van der Waals surface area contributed by atoms with E-state index in [1.54, 1.807) is 7.11 Å². The van der Waals surface area contributed by atoms with E-state index in [1.165, 1.54) is 42.5 Å². The highest BCUT2D eigenvalue weighted by atomic mass is 16.5. The lowest BCUT2D eigenvalue weighted by Gasteiger charge is -2.32. The van der Waals surface area contributed by atoms with Gasteiger partial charge in [0.2, 0.25) is 5.88 Å². The quantitative estimate of drug-likeness (QED) is 0.867. The highest BCUT2D eigenvalue weighted by molar-refractivity contribution is 5.38. The molecule has 7 nitrogen and oxygen atoms in total. The molecular weight excluding hydrogens is 316 g/mol. The lowest BCUT2D eigenvalue weighted by molar-refractivity contribution is 0.208. The van der Waals surface area contributed by atoms with Gasteiger partial charge in [0.1, 0.15) is 12.1 Å². The predicted molar refractivity (Wildman–Crippen MR) is 95.7 cm³/mol. The number of likely N-dealkylation sites (tertiary alicyclic amines) is 1. The lowest BCUT2D eigenvalue weighted by Crippen LogP contribution is -2.39. The van der Waals surface area contributed by atoms with Gasteiger partial charge in [-0.3, -0.25) is 10.00 Å². The molecule has 0 amide bonds. The molecule has 134 valence electrons. The van der Waals surface area contributed by atoms with E-state index in [9.17, 15) is 0 Å². The van der Waals surface area contributed by atoms with Crippen LogP contribution in [0.3, 0.4) is 0 Å². The van der Waals surface area contributed by atoms with Crippen LogP contribution in [0.5, 0.6) is 5.88 Å². The molecule has 0 atom stereocenters. The summed E-state index contributed by atoms with van der Waals surface area (Å²) in [5.74, 6) is 1.44. The van der Waals surface area contributed by atoms with Crippen LogP contribution in [0.2, 0.25) is 0 Å². The first-order valence-electron chi connectivity index (χ1n) is 9.22. The summed E-state index contributed by atoms with van der Waals surface area (Å²) in [6, 6.07) is 2.30. The summed E-state index contributed by atoms with van der Waals surface area (Å²) in [6.07, 6.45) is 8.70. The van der Waals surface area contributed by atoms with Crippen LogP contribution in [-0.4, -0.2) is 51.3 Å². The number of fused-ring (bicyclic) bond motifs is 1. The van der Waals surface area contributed by atoms with Crippen LogP contribution < -0.4 is 10.1 Å². The van der Waals surface area contributed by atoms with Crippen LogP contribution >= 0.6 is 0 Å². The molecule has 2 N–H and O–H groups in total. The van der Waals surface area contributed by atoms with Crippen LogP contribution in [0.25, 0.3) is 0 Å². The fraction of sp³-hybridized carbons (Fsp3) is 0.611. The molecule has 2 aromatic rings. The molecule has 0 radical (unpaired) electrons. The molecule has 0 aromatic carbocycles. The molecule has 1 aliphatic carbocycles. The van der Waals surface area contributed by atoms with Crippen LogP contribution in [0.1, 0.15) is 42.6 Å². The monoisotopic (exact) mass is 342 g/mol. The zero-order chi connectivity index (χ0) is 17.1. The number of rotatable bonds is 5. The van der Waals surface area contributed by atoms with Crippen molar-refractivity contribution in [3.8, 4) is 5.88 Å². The van der Waals surface area contributed by atoms with Crippen molar-refractivity contribution in [3.63, 3.8) is 0 Å². The van der Waals surface area contributed by atoms with Crippen molar-refractivity contribution >= 4 is 5.82 Å². The first-order chi connectivity index (χ1) is 12.3. The lowest BCUT2D eigenvalue weighted by atomic mass is 9.95. The minimum absolute atomic E-state index is 0.448. The molecule has 7 heteroatoms. The molecule has 25 heavy (non-hydrogen) atoms. The number of hydrogen-bond acceptors (Lipinski definition) is 6. The minimum atomic E-state index is 0.448. The van der Waals surface area contributed by atoms with Crippen molar-refractivity contribution in [2.24, 2.45) is 0 Å². The number of nitrogens with one attached hydrogen (secondary N) is 2. The Morgan fingerprint density at radius 2 is 2.08 bits per heavy atom. The highest BCUT2D eigenvalue weighted by Gasteiger charge is 2.23. The van der Waals surface area contributed by atoms with Gasteiger partial charge in [-0.15, -0.1) is 0 Å². The molecule has 1 aliphatic heterocycles. The van der Waals surface area contributed by atoms with Gasteiger partial charge in [-0.25, -0.2) is 9.97 Å². The SMILES string of the molecule is COc1cc(NC2CCN(Cc3n[nH]c4c3CCCC4)CC2)ncn1. The largest absolute Gasteiger partial charge is 0.481 e. The van der Waals surface area contributed by atoms with E-state index in [-0.39, 0.29) is 0 Å². The maximum atomic E-state index is 5.16. The number of nitrogens with zero attached hydrogens (tertiary/aromatic N) is 4. The predicted octanol–water partition coefficient (Wildman–Crippen LogP) is 2.16. The van der Waals surface area contributed by atoms with Crippen LogP contribution in [0.4, 0.5) is 5.82 Å². The fourth-order valence-corrected chi connectivity index (χ4v) is 3.87. The molecular formula is C18H26N6O. The minimum Gasteiger partial charge on any atom is -0.481 e. The van der Waals surface area contributed by atoms with E-state index >= 15 is 0 Å². The van der Waals surface area contributed by atoms with E-state index in [1.807, 2.05) is 6.07 Å². The summed E-state index contributed by atoms with van der Waals surface area (Å²) >= 11 is 0. The van der Waals surface area contributed by atoms with Gasteiger partial charge < -0.3 is 10.1 Å². The van der Waals surface area contributed by atoms with Crippen molar-refractivity contribution in [2.75, 3.05) is 25.5 Å². The Morgan fingerprint density at radius 3 is 2.92 bits per heavy atom. The van der Waals surface area contributed by atoms with Gasteiger partial charge >= 0.3 is 0 Å². The zero-order valence-electron chi connectivity index (χ0n) is 14.8. The molecule has 0 unspecified atom stereocenters. The molecule has 2 aromatic heterocycles. The van der Waals surface area contributed by atoms with Crippen LogP contribution in [0, 0.1) is 0 Å². The summed E-state index contributed by atoms with van der Waals surface area (Å²) in [4.78, 5) is 10.8. The number of ether oxygens (including phenoxy) is 1. The molecule has 0 spiro atoms. The van der Waals surface area contributed by atoms with Gasteiger partial charge in [-0.05, 0) is 44.1 Å². The van der Waals surface area contributed by atoms with Crippen LogP contribution in [-0.2, 0) is 19.4 Å². The molecule has 0 saturated carbocycles. The van der Waals surface area contributed by atoms with E-state index in [0.717, 1.165) is 44.7 Å². The normalized spacial score (nSPS) is 18.8. The fourth-order valence-electron chi connectivity index (χ4n) is 3.87. The highest BCUT2D eigenvalue weighted by Crippen LogP contribution is 2.24. The third-order valence-electron chi connectivity index (χ3n) is 5.31. The second kappa shape index (κ2) is 7.39. The average molecular weight is 342 g/mol. The summed E-state index contributed by atoms with van der Waals surface area (Å²) < 4.78 is 5.16. The standard InChI is InChI=1S/C18H26N6O/c1-25-18-10-17(19-12-20-18)21-13-6-8-24(9-7-13)11-16-14-4-2-3-5-15(14)22-23-16/h10,12-13H,2-9,11H2,1H3,(H,22,23)(H,19,20,21). The van der Waals surface area contributed by atoms with Crippen molar-refractivity contribution in [2.45, 2.75) is 51.1 Å². The number of H-pyrrole nitrogens is 1. The van der Waals surface area contributed by atoms with E-state index in [2.05, 4.69) is 30.4 Å². The third-order valence-corrected chi connectivity index (χ3v) is 5.31. The van der Waals surface area contributed by atoms with Crippen molar-refractivity contribution in [3.05, 3.63) is 29.3 Å². The van der Waals surface area contributed by atoms with E-state index < -0.39 is 0 Å². The number of methoxy groups -OCH3 is 1. The topological polar surface area (TPSA) is 79.0 Å². The summed E-state index contributed by atoms with van der Waals surface area (Å²) in [6.45, 7) is 3.14. The molecule has 1 fully saturated rings. The smallest absolute Gasteiger partial charge is 0.218 e. The Morgan fingerprint density at radius 1 is 1.24 bits per heavy atom. The van der Waals surface area contributed by atoms with E-state index in [4.69, 9.17) is 4.74 Å². The second-order valence-electron chi connectivity index (χ2n) is 6.97. The number of aromatic nitrogens is 4. The molecule has 4 rings (SSSR count). The second-order valence-corrected chi connectivity index (χ2v) is 6.97. The van der Waals surface area contributed by atoms with Crippen molar-refractivity contribution in [1.82, 2.24) is 25.1 Å². The Bertz CT molecular complexity index is 707. The third kappa shape index (κ3) is 3.76. The number of anilines is 1. The Labute approximate surface area is 148 Å². The molecule has 1 saturated heterocycles. The number of aryl methyl sites for hydroxylation is 1. The van der Waals surface area contributed by atoms with Gasteiger partial charge in [0.15, 0.2) is 0 Å². The number of piperidine rings is 1. The number of aromatic amines is 1. The van der Waals surface area contributed by atoms with Crippen molar-refractivity contribution in [1.29, 1.82) is 0 Å². The first-order valence-corrected chi connectivity index (χ1v) is 9.22. The summed E-state index contributed by atoms with van der Waals surface area (Å²) in [5.41, 5.74) is 4.12. The maximum absolute atomic E-state index is 5.16. The zero-order valence-corrected chi connectivity index (χ0v) is 14.8. The average Bonchev–Trinajstić information content (AvgIpc) is 3.07. The van der Waals surface area contributed by atoms with Gasteiger partial charge in [0.25, 0.3) is 0 Å². The van der Waals surface area contributed by atoms with Gasteiger partial charge in [0, 0.05) is 37.4 Å². The molecule has 3 heterocycles. The van der Waals surface area contributed by atoms with Crippen molar-refractivity contribution < 1.29 is 4.74 Å².